The molecule has 0 aliphatic heterocycles. The topological polar surface area (TPSA) is 108 Å². The molecule has 0 unspecified atom stereocenters. The summed E-state index contributed by atoms with van der Waals surface area (Å²) in [6, 6.07) is 13.6. The van der Waals surface area contributed by atoms with Crippen LogP contribution in [0.2, 0.25) is 0 Å². The minimum Gasteiger partial charge on any atom is -0.507 e. The molecule has 9 heteroatoms. The van der Waals surface area contributed by atoms with Crippen molar-refractivity contribution in [2.45, 2.75) is 6.61 Å². The van der Waals surface area contributed by atoms with Gasteiger partial charge in [0.2, 0.25) is 0 Å². The fraction of sp³-hybridized carbons (Fsp3) is 0.136. The van der Waals surface area contributed by atoms with Gasteiger partial charge in [0, 0.05) is 22.8 Å². The minimum atomic E-state index is -0.749. The largest absolute Gasteiger partial charge is 0.507 e. The van der Waals surface area contributed by atoms with Gasteiger partial charge in [-0.1, -0.05) is 18.2 Å². The van der Waals surface area contributed by atoms with Crippen molar-refractivity contribution >= 4 is 44.0 Å². The van der Waals surface area contributed by atoms with Crippen LogP contribution in [0.1, 0.15) is 21.1 Å². The summed E-state index contributed by atoms with van der Waals surface area (Å²) in [5.41, 5.74) is 1.58. The Morgan fingerprint density at radius 2 is 2.10 bits per heavy atom. The molecule has 2 aromatic heterocycles. The average Bonchev–Trinajstić information content (AvgIpc) is 3.35. The number of esters is 1. The summed E-state index contributed by atoms with van der Waals surface area (Å²) in [7, 11) is 1.44. The number of methoxy groups -OCH3 is 1. The Morgan fingerprint density at radius 3 is 2.84 bits per heavy atom. The van der Waals surface area contributed by atoms with E-state index in [4.69, 9.17) is 9.47 Å². The highest BCUT2D eigenvalue weighted by Gasteiger charge is 2.23. The molecular weight excluding hydrogens is 421 g/mol. The van der Waals surface area contributed by atoms with Crippen LogP contribution in [0, 0.1) is 17.1 Å². The molecule has 7 nitrogen and oxygen atoms in total. The number of allylic oxidation sites excluding steroid dienone is 1. The van der Waals surface area contributed by atoms with Crippen molar-refractivity contribution in [3.8, 4) is 6.07 Å². The number of halogens is 1. The number of nitrogens with zero attached hydrogens (tertiary/aromatic N) is 2. The molecule has 31 heavy (non-hydrogen) atoms. The number of hydrogen-bond acceptors (Lipinski definition) is 7. The summed E-state index contributed by atoms with van der Waals surface area (Å²) >= 11 is 1.08. The van der Waals surface area contributed by atoms with Gasteiger partial charge in [-0.3, -0.25) is 0 Å². The van der Waals surface area contributed by atoms with Gasteiger partial charge in [-0.25, -0.2) is 14.2 Å². The molecule has 0 saturated carbocycles. The van der Waals surface area contributed by atoms with Gasteiger partial charge in [0.15, 0.2) is 11.6 Å². The van der Waals surface area contributed by atoms with Crippen LogP contribution < -0.4 is 0 Å². The number of aliphatic hydroxyl groups is 1. The number of fused-ring (bicyclic) bond motifs is 2. The highest BCUT2D eigenvalue weighted by molar-refractivity contribution is 7.21. The zero-order valence-electron chi connectivity index (χ0n) is 16.3. The summed E-state index contributed by atoms with van der Waals surface area (Å²) in [5, 5.41) is 20.2. The molecule has 0 spiro atoms. The maximum absolute atomic E-state index is 14.3. The summed E-state index contributed by atoms with van der Waals surface area (Å²) in [6.07, 6.45) is 0. The molecule has 0 aliphatic rings. The summed E-state index contributed by atoms with van der Waals surface area (Å²) < 4.78 is 25.2. The number of aromatic nitrogens is 2. The Balaban J connectivity index is 1.61. The lowest BCUT2D eigenvalue weighted by atomic mass is 10.1. The fourth-order valence-electron chi connectivity index (χ4n) is 3.21. The van der Waals surface area contributed by atoms with E-state index in [9.17, 15) is 19.6 Å². The van der Waals surface area contributed by atoms with Crippen LogP contribution in [0.15, 0.2) is 48.2 Å². The van der Waals surface area contributed by atoms with E-state index in [1.165, 1.54) is 13.2 Å². The van der Waals surface area contributed by atoms with Crippen LogP contribution in [0.3, 0.4) is 0 Å². The van der Waals surface area contributed by atoms with Gasteiger partial charge in [0.1, 0.15) is 28.9 Å². The van der Waals surface area contributed by atoms with Crippen molar-refractivity contribution in [2.24, 2.45) is 0 Å². The predicted octanol–water partition coefficient (Wildman–Crippen LogP) is 4.71. The number of thiophene rings is 1. The molecule has 2 heterocycles. The molecule has 156 valence electrons. The lowest BCUT2D eigenvalue weighted by Crippen LogP contribution is -2.10. The van der Waals surface area contributed by atoms with Gasteiger partial charge in [0.05, 0.1) is 17.6 Å². The molecule has 4 aromatic rings. The number of rotatable bonds is 6. The number of aromatic amines is 1. The van der Waals surface area contributed by atoms with Crippen LogP contribution in [0.25, 0.3) is 26.7 Å². The molecule has 2 aromatic carbocycles. The van der Waals surface area contributed by atoms with Crippen molar-refractivity contribution in [1.29, 1.82) is 5.26 Å². The van der Waals surface area contributed by atoms with E-state index in [1.807, 2.05) is 12.1 Å². The number of nitrogens with one attached hydrogen (secondary N) is 1. The zero-order chi connectivity index (χ0) is 22.0. The van der Waals surface area contributed by atoms with Gasteiger partial charge in [0.25, 0.3) is 0 Å². The lowest BCUT2D eigenvalue weighted by molar-refractivity contribution is 0.0504. The van der Waals surface area contributed by atoms with E-state index in [2.05, 4.69) is 9.97 Å². The summed E-state index contributed by atoms with van der Waals surface area (Å²) in [6.45, 7) is -0.516. The van der Waals surface area contributed by atoms with Crippen LogP contribution >= 0.6 is 11.3 Å². The number of aliphatic hydroxyl groups excluding tert-OH is 1. The van der Waals surface area contributed by atoms with Crippen LogP contribution in [-0.2, 0) is 16.1 Å². The van der Waals surface area contributed by atoms with Crippen molar-refractivity contribution in [3.63, 3.8) is 0 Å². The Labute approximate surface area is 180 Å². The third kappa shape index (κ3) is 3.86. The highest BCUT2D eigenvalue weighted by Crippen LogP contribution is 2.34. The number of ether oxygens (including phenoxy) is 2. The number of para-hydroxylation sites is 2. The first-order chi connectivity index (χ1) is 15.0. The normalized spacial score (nSPS) is 12.0. The van der Waals surface area contributed by atoms with E-state index >= 15 is 0 Å². The first-order valence-corrected chi connectivity index (χ1v) is 9.98. The lowest BCUT2D eigenvalue weighted by Gasteiger charge is -2.06. The number of nitriles is 1. The maximum Gasteiger partial charge on any atom is 0.349 e. The summed E-state index contributed by atoms with van der Waals surface area (Å²) in [5.74, 6) is -1.49. The molecule has 2 N–H and O–H groups in total. The minimum absolute atomic E-state index is 0.0234. The van der Waals surface area contributed by atoms with Crippen LogP contribution in [0.4, 0.5) is 4.39 Å². The molecule has 0 bridgehead atoms. The molecule has 0 amide bonds. The first-order valence-electron chi connectivity index (χ1n) is 9.16. The van der Waals surface area contributed by atoms with Crippen LogP contribution in [0.5, 0.6) is 0 Å². The van der Waals surface area contributed by atoms with E-state index < -0.39 is 24.2 Å². The second-order valence-corrected chi connectivity index (χ2v) is 7.62. The van der Waals surface area contributed by atoms with E-state index in [0.717, 1.165) is 11.3 Å². The Morgan fingerprint density at radius 1 is 1.29 bits per heavy atom. The number of imidazole rings is 1. The molecule has 0 fully saturated rings. The molecule has 0 saturated heterocycles. The quantitative estimate of drug-likeness (QED) is 0.257. The van der Waals surface area contributed by atoms with E-state index in [1.54, 1.807) is 30.3 Å². The average molecular weight is 437 g/mol. The van der Waals surface area contributed by atoms with Crippen molar-refractivity contribution in [2.75, 3.05) is 13.7 Å². The van der Waals surface area contributed by atoms with Crippen molar-refractivity contribution in [3.05, 3.63) is 70.3 Å². The van der Waals surface area contributed by atoms with Gasteiger partial charge >= 0.3 is 5.97 Å². The van der Waals surface area contributed by atoms with Crippen LogP contribution in [-0.4, -0.2) is 34.8 Å². The fourth-order valence-corrected chi connectivity index (χ4v) is 4.33. The Bertz CT molecular complexity index is 1330. The maximum atomic E-state index is 14.3. The highest BCUT2D eigenvalue weighted by atomic mass is 32.1. The monoisotopic (exact) mass is 437 g/mol. The summed E-state index contributed by atoms with van der Waals surface area (Å²) in [4.78, 5) is 20.1. The van der Waals surface area contributed by atoms with Gasteiger partial charge in [-0.15, -0.1) is 11.3 Å². The smallest absolute Gasteiger partial charge is 0.349 e. The third-order valence-electron chi connectivity index (χ3n) is 4.60. The number of carbonyl (C=O) groups excluding carboxylic acids is 1. The second kappa shape index (κ2) is 8.55. The molecular formula is C22H16FN3O4S. The SMILES string of the molecule is COCc1c(C(=O)OCC(O)=C(C#N)c2nc3ccccc3[nH]2)sc2cccc(F)c12. The molecule has 0 radical (unpaired) electrons. The van der Waals surface area contributed by atoms with Gasteiger partial charge in [-0.05, 0) is 24.3 Å². The van der Waals surface area contributed by atoms with Gasteiger partial charge in [-0.2, -0.15) is 5.26 Å². The number of carbonyl (C=O) groups is 1. The number of H-pyrrole nitrogens is 1. The molecule has 0 aliphatic carbocycles. The van der Waals surface area contributed by atoms with Gasteiger partial charge < -0.3 is 19.6 Å². The molecule has 0 atom stereocenters. The number of benzene rings is 2. The standard InChI is InChI=1S/C22H16FN3O4S/c1-29-10-13-19-14(23)5-4-8-18(19)31-20(13)22(28)30-11-17(27)12(9-24)21-25-15-6-2-3-7-16(15)26-21/h2-8,27H,10-11H2,1H3,(H,25,26). The zero-order valence-corrected chi connectivity index (χ0v) is 17.1. The third-order valence-corrected chi connectivity index (χ3v) is 5.78. The second-order valence-electron chi connectivity index (χ2n) is 6.57. The predicted molar refractivity (Wildman–Crippen MR) is 114 cm³/mol. The van der Waals surface area contributed by atoms with Crippen molar-refractivity contribution < 1.29 is 23.8 Å². The Kier molecular flexibility index (Phi) is 5.66. The van der Waals surface area contributed by atoms with E-state index in [0.29, 0.717) is 26.7 Å². The number of hydrogen-bond donors (Lipinski definition) is 2. The Hall–Kier alpha value is -3.74. The first kappa shape index (κ1) is 20.5. The van der Waals surface area contributed by atoms with E-state index in [-0.39, 0.29) is 22.9 Å². The van der Waals surface area contributed by atoms with Crippen molar-refractivity contribution in [1.82, 2.24) is 9.97 Å². The molecule has 4 rings (SSSR count).